The van der Waals surface area contributed by atoms with Crippen molar-refractivity contribution in [3.8, 4) is 0 Å². The number of hydrogen-bond donors (Lipinski definition) is 1. The molecule has 7 heteroatoms. The van der Waals surface area contributed by atoms with Gasteiger partial charge in [0.05, 0.1) is 17.2 Å². The average molecular weight is 353 g/mol. The van der Waals surface area contributed by atoms with E-state index in [1.165, 1.54) is 24.3 Å². The Morgan fingerprint density at radius 2 is 1.71 bits per heavy atom. The maximum Gasteiger partial charge on any atom is 0.417 e. The molecule has 0 fully saturated rings. The summed E-state index contributed by atoms with van der Waals surface area (Å²) in [4.78, 5) is 0.440. The van der Waals surface area contributed by atoms with Gasteiger partial charge in [-0.2, -0.15) is 13.2 Å². The van der Waals surface area contributed by atoms with Crippen molar-refractivity contribution in [2.75, 3.05) is 0 Å². The van der Waals surface area contributed by atoms with Gasteiger partial charge < -0.3 is 5.11 Å². The predicted octanol–water partition coefficient (Wildman–Crippen LogP) is 5.66. The Labute approximate surface area is 133 Å². The van der Waals surface area contributed by atoms with E-state index in [1.54, 1.807) is 6.07 Å². The molecule has 2 aromatic rings. The fraction of sp³-hybridized carbons (Fsp3) is 0.143. The van der Waals surface area contributed by atoms with Crippen LogP contribution in [-0.4, -0.2) is 5.11 Å². The zero-order chi connectivity index (χ0) is 15.6. The number of benzene rings is 2. The zero-order valence-corrected chi connectivity index (χ0v) is 12.7. The minimum atomic E-state index is -4.52. The van der Waals surface area contributed by atoms with Crippen LogP contribution in [0.1, 0.15) is 11.1 Å². The molecule has 1 N–H and O–H groups in total. The van der Waals surface area contributed by atoms with E-state index in [-0.39, 0.29) is 10.5 Å². The molecule has 1 nitrogen and oxygen atoms in total. The lowest BCUT2D eigenvalue weighted by molar-refractivity contribution is -0.139. The Kier molecular flexibility index (Phi) is 5.09. The topological polar surface area (TPSA) is 20.2 Å². The minimum Gasteiger partial charge on any atom is -0.392 e. The monoisotopic (exact) mass is 352 g/mol. The SMILES string of the molecule is OCc1ccc(Sc2cc(Cl)ccc2Cl)c(C(F)(F)F)c1. The Balaban J connectivity index is 2.46. The number of rotatable bonds is 3. The van der Waals surface area contributed by atoms with Crippen LogP contribution in [0.4, 0.5) is 13.2 Å². The van der Waals surface area contributed by atoms with E-state index in [0.29, 0.717) is 14.9 Å². The highest BCUT2D eigenvalue weighted by Gasteiger charge is 2.34. The van der Waals surface area contributed by atoms with E-state index >= 15 is 0 Å². The van der Waals surface area contributed by atoms with E-state index in [2.05, 4.69) is 0 Å². The molecule has 21 heavy (non-hydrogen) atoms. The molecule has 0 saturated carbocycles. The zero-order valence-electron chi connectivity index (χ0n) is 10.4. The van der Waals surface area contributed by atoms with Crippen LogP contribution in [-0.2, 0) is 12.8 Å². The van der Waals surface area contributed by atoms with Crippen molar-refractivity contribution in [3.05, 3.63) is 57.6 Å². The van der Waals surface area contributed by atoms with E-state index in [0.717, 1.165) is 17.8 Å². The van der Waals surface area contributed by atoms with Gasteiger partial charge >= 0.3 is 6.18 Å². The van der Waals surface area contributed by atoms with Crippen LogP contribution in [0.3, 0.4) is 0 Å². The summed E-state index contributed by atoms with van der Waals surface area (Å²) >= 11 is 12.7. The van der Waals surface area contributed by atoms with Gasteiger partial charge in [-0.05, 0) is 35.9 Å². The quantitative estimate of drug-likeness (QED) is 0.769. The normalized spacial score (nSPS) is 11.7. The van der Waals surface area contributed by atoms with Gasteiger partial charge in [0, 0.05) is 14.8 Å². The molecule has 0 aliphatic carbocycles. The number of aliphatic hydroxyl groups excluding tert-OH is 1. The summed E-state index contributed by atoms with van der Waals surface area (Å²) in [5, 5.41) is 9.69. The first-order valence-electron chi connectivity index (χ1n) is 5.75. The summed E-state index contributed by atoms with van der Waals surface area (Å²) < 4.78 is 39.3. The van der Waals surface area contributed by atoms with Crippen molar-refractivity contribution >= 4 is 35.0 Å². The fourth-order valence-corrected chi connectivity index (χ4v) is 3.14. The van der Waals surface area contributed by atoms with Crippen LogP contribution in [0.25, 0.3) is 0 Å². The van der Waals surface area contributed by atoms with Crippen molar-refractivity contribution in [1.82, 2.24) is 0 Å². The van der Waals surface area contributed by atoms with Gasteiger partial charge in [-0.3, -0.25) is 0 Å². The molecule has 0 aliphatic heterocycles. The molecule has 0 atom stereocenters. The van der Waals surface area contributed by atoms with Gasteiger partial charge in [0.2, 0.25) is 0 Å². The van der Waals surface area contributed by atoms with Crippen molar-refractivity contribution in [1.29, 1.82) is 0 Å². The highest BCUT2D eigenvalue weighted by Crippen LogP contribution is 2.42. The van der Waals surface area contributed by atoms with E-state index in [4.69, 9.17) is 28.3 Å². The molecule has 0 heterocycles. The third kappa shape index (κ3) is 4.07. The maximum absolute atomic E-state index is 13.1. The van der Waals surface area contributed by atoms with Gasteiger partial charge in [-0.1, -0.05) is 41.0 Å². The van der Waals surface area contributed by atoms with Gasteiger partial charge in [-0.15, -0.1) is 0 Å². The standard InChI is InChI=1S/C14H9Cl2F3OS/c15-9-2-3-11(16)13(6-9)21-12-4-1-8(7-20)5-10(12)14(17,18)19/h1-6,20H,7H2. The maximum atomic E-state index is 13.1. The lowest BCUT2D eigenvalue weighted by Crippen LogP contribution is -2.07. The molecule has 0 aromatic heterocycles. The molecule has 0 unspecified atom stereocenters. The molecule has 0 radical (unpaired) electrons. The van der Waals surface area contributed by atoms with Crippen LogP contribution < -0.4 is 0 Å². The van der Waals surface area contributed by atoms with Crippen LogP contribution in [0.5, 0.6) is 0 Å². The summed E-state index contributed by atoms with van der Waals surface area (Å²) in [7, 11) is 0. The van der Waals surface area contributed by atoms with Crippen LogP contribution in [0, 0.1) is 0 Å². The van der Waals surface area contributed by atoms with Crippen LogP contribution >= 0.6 is 35.0 Å². The molecule has 2 aromatic carbocycles. The van der Waals surface area contributed by atoms with Crippen molar-refractivity contribution < 1.29 is 18.3 Å². The number of hydrogen-bond acceptors (Lipinski definition) is 2. The lowest BCUT2D eigenvalue weighted by atomic mass is 10.1. The first-order valence-corrected chi connectivity index (χ1v) is 7.32. The third-order valence-electron chi connectivity index (χ3n) is 2.65. The Hall–Kier alpha value is -0.880. The number of halogens is 5. The number of aliphatic hydroxyl groups is 1. The summed E-state index contributed by atoms with van der Waals surface area (Å²) in [6.45, 7) is -0.452. The summed E-state index contributed by atoms with van der Waals surface area (Å²) in [6, 6.07) is 8.29. The molecule has 0 saturated heterocycles. The van der Waals surface area contributed by atoms with E-state index < -0.39 is 18.3 Å². The minimum absolute atomic E-state index is 0.00358. The largest absolute Gasteiger partial charge is 0.417 e. The van der Waals surface area contributed by atoms with E-state index in [1.807, 2.05) is 0 Å². The first kappa shape index (κ1) is 16.5. The Morgan fingerprint density at radius 1 is 1.00 bits per heavy atom. The fourth-order valence-electron chi connectivity index (χ4n) is 1.66. The predicted molar refractivity (Wildman–Crippen MR) is 78.0 cm³/mol. The molecule has 0 amide bonds. The highest BCUT2D eigenvalue weighted by atomic mass is 35.5. The van der Waals surface area contributed by atoms with Crippen molar-refractivity contribution in [2.45, 2.75) is 22.6 Å². The molecule has 112 valence electrons. The Morgan fingerprint density at radius 3 is 2.33 bits per heavy atom. The lowest BCUT2D eigenvalue weighted by Gasteiger charge is -2.14. The van der Waals surface area contributed by atoms with Gasteiger partial charge in [0.25, 0.3) is 0 Å². The first-order chi connectivity index (χ1) is 9.81. The smallest absolute Gasteiger partial charge is 0.392 e. The van der Waals surface area contributed by atoms with Gasteiger partial charge in [0.1, 0.15) is 0 Å². The van der Waals surface area contributed by atoms with Gasteiger partial charge in [0.15, 0.2) is 0 Å². The molecule has 0 spiro atoms. The average Bonchev–Trinajstić information content (AvgIpc) is 2.42. The second kappa shape index (κ2) is 6.48. The second-order valence-corrected chi connectivity index (χ2v) is 6.09. The molecule has 0 aliphatic rings. The van der Waals surface area contributed by atoms with Crippen molar-refractivity contribution in [2.24, 2.45) is 0 Å². The van der Waals surface area contributed by atoms with Crippen LogP contribution in [0.15, 0.2) is 46.2 Å². The molecule has 0 bridgehead atoms. The highest BCUT2D eigenvalue weighted by molar-refractivity contribution is 7.99. The van der Waals surface area contributed by atoms with Gasteiger partial charge in [-0.25, -0.2) is 0 Å². The Bertz CT molecular complexity index is 659. The summed E-state index contributed by atoms with van der Waals surface area (Å²) in [5.74, 6) is 0. The molecular formula is C14H9Cl2F3OS. The van der Waals surface area contributed by atoms with Crippen LogP contribution in [0.2, 0.25) is 10.0 Å². The van der Waals surface area contributed by atoms with E-state index in [9.17, 15) is 13.2 Å². The third-order valence-corrected chi connectivity index (χ3v) is 4.46. The second-order valence-electron chi connectivity index (χ2n) is 4.16. The summed E-state index contributed by atoms with van der Waals surface area (Å²) in [6.07, 6.45) is -4.52. The molecule has 2 rings (SSSR count). The molecular weight excluding hydrogens is 344 g/mol. The van der Waals surface area contributed by atoms with Crippen molar-refractivity contribution in [3.63, 3.8) is 0 Å². The summed E-state index contributed by atoms with van der Waals surface area (Å²) in [5.41, 5.74) is -0.612. The number of alkyl halides is 3.